The molecule has 0 aromatic heterocycles. The predicted octanol–water partition coefficient (Wildman–Crippen LogP) is 8.67. The Balaban J connectivity index is -0.000000566. The molecule has 0 aliphatic carbocycles. The first-order chi connectivity index (χ1) is 18.5. The third-order valence-electron chi connectivity index (χ3n) is 9.00. The molecule has 0 saturated heterocycles. The Labute approximate surface area is 247 Å². The maximum Gasteiger partial charge on any atom is 0.0786 e. The lowest BCUT2D eigenvalue weighted by Crippen LogP contribution is -2.48. The average molecular weight is 581 g/mol. The van der Waals surface area contributed by atoms with Gasteiger partial charge in [-0.2, -0.15) is 0 Å². The van der Waals surface area contributed by atoms with E-state index in [4.69, 9.17) is 17.5 Å². The van der Waals surface area contributed by atoms with Crippen LogP contribution in [0.15, 0.2) is 0 Å². The molecule has 0 aromatic carbocycles. The van der Waals surface area contributed by atoms with Crippen molar-refractivity contribution in [2.24, 2.45) is 0 Å². The van der Waals surface area contributed by atoms with E-state index in [1.807, 2.05) is 0 Å². The van der Waals surface area contributed by atoms with Gasteiger partial charge < -0.3 is 18.1 Å². The van der Waals surface area contributed by atoms with E-state index in [2.05, 4.69) is 55.4 Å². The Morgan fingerprint density at radius 1 is 0.385 bits per heavy atom. The second-order valence-electron chi connectivity index (χ2n) is 11.4. The van der Waals surface area contributed by atoms with Gasteiger partial charge in [0.25, 0.3) is 0 Å². The molecular formula is C32H72N2O4S. The van der Waals surface area contributed by atoms with Crippen molar-refractivity contribution in [2.75, 3.05) is 52.4 Å². The topological polar surface area (TPSA) is 80.3 Å². The zero-order chi connectivity index (χ0) is 30.5. The minimum absolute atomic E-state index is 1.31. The summed E-state index contributed by atoms with van der Waals surface area (Å²) in [5.41, 5.74) is 0. The molecule has 7 heteroatoms. The highest BCUT2D eigenvalue weighted by molar-refractivity contribution is 7.79. The molecule has 0 radical (unpaired) electrons. The Kier molecular flexibility index (Phi) is 32.5. The van der Waals surface area contributed by atoms with Gasteiger partial charge in [-0.1, -0.05) is 90.9 Å². The molecule has 6 nitrogen and oxygen atoms in total. The van der Waals surface area contributed by atoms with Crippen molar-refractivity contribution in [3.63, 3.8) is 0 Å². The minimum Gasteiger partial charge on any atom is -0.759 e. The van der Waals surface area contributed by atoms with Crippen LogP contribution in [0.1, 0.15) is 158 Å². The summed E-state index contributed by atoms with van der Waals surface area (Å²) in [6, 6.07) is 0. The summed E-state index contributed by atoms with van der Waals surface area (Å²) < 4.78 is 36.7. The minimum atomic E-state index is -5.17. The smallest absolute Gasteiger partial charge is 0.0786 e. The van der Waals surface area contributed by atoms with Gasteiger partial charge in [-0.3, -0.25) is 8.42 Å². The molecule has 240 valence electrons. The lowest BCUT2D eigenvalue weighted by molar-refractivity contribution is -0.923. The molecule has 0 aromatic rings. The molecule has 0 aliphatic rings. The highest BCUT2D eigenvalue weighted by Crippen LogP contribution is 2.14. The van der Waals surface area contributed by atoms with Gasteiger partial charge in [-0.15, -0.1) is 0 Å². The largest absolute Gasteiger partial charge is 0.759 e. The Morgan fingerprint density at radius 3 is 0.744 bits per heavy atom. The van der Waals surface area contributed by atoms with Crippen LogP contribution in [0.4, 0.5) is 0 Å². The molecule has 39 heavy (non-hydrogen) atoms. The van der Waals surface area contributed by atoms with Crippen LogP contribution in [0, 0.1) is 0 Å². The number of hydrogen-bond acceptors (Lipinski definition) is 4. The second-order valence-corrected chi connectivity index (χ2v) is 12.2. The van der Waals surface area contributed by atoms with Gasteiger partial charge in [-0.25, -0.2) is 0 Å². The van der Waals surface area contributed by atoms with Crippen molar-refractivity contribution in [3.8, 4) is 0 Å². The van der Waals surface area contributed by atoms with Gasteiger partial charge in [0.05, 0.1) is 52.4 Å². The van der Waals surface area contributed by atoms with Crippen molar-refractivity contribution in [3.05, 3.63) is 0 Å². The molecule has 0 rings (SSSR count). The fourth-order valence-corrected chi connectivity index (χ4v) is 5.45. The van der Waals surface area contributed by atoms with E-state index in [0.29, 0.717) is 0 Å². The third kappa shape index (κ3) is 30.6. The fraction of sp³-hybridized carbons (Fsp3) is 1.00. The van der Waals surface area contributed by atoms with Gasteiger partial charge in [0.15, 0.2) is 0 Å². The van der Waals surface area contributed by atoms with Crippen LogP contribution in [-0.2, 0) is 10.4 Å². The number of unbranched alkanes of at least 4 members (excludes halogenated alkanes) is 14. The second kappa shape index (κ2) is 29.3. The summed E-state index contributed by atoms with van der Waals surface area (Å²) in [5, 5.41) is 0. The number of nitrogens with zero attached hydrogens (tertiary/aromatic N) is 2. The van der Waals surface area contributed by atoms with Crippen LogP contribution in [0.5, 0.6) is 0 Å². The molecule has 0 N–H and O–H groups in total. The third-order valence-corrected chi connectivity index (χ3v) is 9.00. The fourth-order valence-electron chi connectivity index (χ4n) is 5.45. The van der Waals surface area contributed by atoms with Gasteiger partial charge in [0, 0.05) is 10.4 Å². The van der Waals surface area contributed by atoms with Crippen LogP contribution in [0.25, 0.3) is 0 Å². The molecule has 0 bridgehead atoms. The number of hydrogen-bond donors (Lipinski definition) is 0. The Morgan fingerprint density at radius 2 is 0.564 bits per heavy atom. The Hall–Kier alpha value is -0.210. The van der Waals surface area contributed by atoms with Crippen molar-refractivity contribution in [1.29, 1.82) is 0 Å². The lowest BCUT2D eigenvalue weighted by atomic mass is 10.1. The van der Waals surface area contributed by atoms with Crippen molar-refractivity contribution in [1.82, 2.24) is 0 Å². The van der Waals surface area contributed by atoms with Gasteiger partial charge >= 0.3 is 0 Å². The first kappa shape index (κ1) is 43.2. The van der Waals surface area contributed by atoms with Crippen LogP contribution in [0.2, 0.25) is 0 Å². The van der Waals surface area contributed by atoms with Gasteiger partial charge in [0.2, 0.25) is 0 Å². The van der Waals surface area contributed by atoms with E-state index in [1.165, 1.54) is 164 Å². The van der Waals surface area contributed by atoms with Crippen molar-refractivity contribution < 1.29 is 26.5 Å². The van der Waals surface area contributed by atoms with Crippen molar-refractivity contribution in [2.45, 2.75) is 158 Å². The first-order valence-corrected chi connectivity index (χ1v) is 18.2. The zero-order valence-corrected chi connectivity index (χ0v) is 28.7. The van der Waals surface area contributed by atoms with Crippen molar-refractivity contribution >= 4 is 10.4 Å². The quantitative estimate of drug-likeness (QED) is 0.0495. The standard InChI is InChI=1S/2C16H36N.H2O4S/c2*1-5-9-10-11-12-13-14-15-16-17(6-2,7-3)8-4;1-5(2,3)4/h2*5-16H2,1-4H3;(H2,1,2,3,4)/q2*+1;/p-2. The number of quaternary nitrogens is 2. The molecule has 0 aliphatic heterocycles. The molecule has 0 fully saturated rings. The molecule has 0 unspecified atom stereocenters. The molecule has 0 amide bonds. The monoisotopic (exact) mass is 581 g/mol. The zero-order valence-electron chi connectivity index (χ0n) is 27.9. The molecule has 0 atom stereocenters. The van der Waals surface area contributed by atoms with E-state index in [9.17, 15) is 0 Å². The normalized spacial score (nSPS) is 11.9. The molecule has 0 saturated carbocycles. The van der Waals surface area contributed by atoms with Crippen LogP contribution in [-0.4, -0.2) is 78.8 Å². The highest BCUT2D eigenvalue weighted by Gasteiger charge is 2.20. The van der Waals surface area contributed by atoms with E-state index in [0.717, 1.165) is 0 Å². The molecule has 0 spiro atoms. The summed E-state index contributed by atoms with van der Waals surface area (Å²) in [7, 11) is -5.17. The van der Waals surface area contributed by atoms with Gasteiger partial charge in [0.1, 0.15) is 0 Å². The summed E-state index contributed by atoms with van der Waals surface area (Å²) in [6.45, 7) is 29.3. The number of rotatable bonds is 24. The van der Waals surface area contributed by atoms with E-state index in [-0.39, 0.29) is 0 Å². The van der Waals surface area contributed by atoms with E-state index >= 15 is 0 Å². The SMILES string of the molecule is CCCCCCCCCC[N+](CC)(CC)CC.CCCCCCCCCC[N+](CC)(CC)CC.O=S(=O)([O-])[O-]. The van der Waals surface area contributed by atoms with Gasteiger partial charge in [-0.05, 0) is 67.2 Å². The lowest BCUT2D eigenvalue weighted by Gasteiger charge is -2.35. The molecule has 0 heterocycles. The summed E-state index contributed by atoms with van der Waals surface area (Å²) in [5.74, 6) is 0. The average Bonchev–Trinajstić information content (AvgIpc) is 2.92. The van der Waals surface area contributed by atoms with Crippen LogP contribution >= 0.6 is 0 Å². The maximum absolute atomic E-state index is 8.52. The van der Waals surface area contributed by atoms with Crippen LogP contribution < -0.4 is 0 Å². The summed E-state index contributed by atoms with van der Waals surface area (Å²) >= 11 is 0. The summed E-state index contributed by atoms with van der Waals surface area (Å²) in [6.07, 6.45) is 23.0. The van der Waals surface area contributed by atoms with Crippen LogP contribution in [0.3, 0.4) is 0 Å². The highest BCUT2D eigenvalue weighted by atomic mass is 32.3. The first-order valence-electron chi connectivity index (χ1n) is 16.9. The molecular weight excluding hydrogens is 508 g/mol. The summed E-state index contributed by atoms with van der Waals surface area (Å²) in [4.78, 5) is 0. The Bertz CT molecular complexity index is 516. The van der Waals surface area contributed by atoms with E-state index in [1.54, 1.807) is 0 Å². The van der Waals surface area contributed by atoms with E-state index < -0.39 is 10.4 Å². The maximum atomic E-state index is 8.52. The predicted molar refractivity (Wildman–Crippen MR) is 169 cm³/mol.